The summed E-state index contributed by atoms with van der Waals surface area (Å²) < 4.78 is 1.76. The van der Waals surface area contributed by atoms with Crippen LogP contribution in [0.2, 0.25) is 0 Å². The first kappa shape index (κ1) is 19.8. The van der Waals surface area contributed by atoms with Crippen LogP contribution in [0, 0.1) is 0 Å². The van der Waals surface area contributed by atoms with Crippen molar-refractivity contribution in [3.63, 3.8) is 0 Å². The Morgan fingerprint density at radius 2 is 1.94 bits per heavy atom. The van der Waals surface area contributed by atoms with Gasteiger partial charge in [-0.05, 0) is 37.2 Å². The second-order valence-electron chi connectivity index (χ2n) is 8.86. The SMILES string of the molecule is CN1CC2CC1CN2c1cc(C(=O)Nc2ncc3ccc(-c4cnn(C)c4)cc3n2)ccn1. The molecule has 2 saturated heterocycles. The summed E-state index contributed by atoms with van der Waals surface area (Å²) in [6, 6.07) is 10.6. The number of aromatic nitrogens is 5. The predicted molar refractivity (Wildman–Crippen MR) is 126 cm³/mol. The molecule has 5 heterocycles. The van der Waals surface area contributed by atoms with Gasteiger partial charge in [-0.1, -0.05) is 12.1 Å². The van der Waals surface area contributed by atoms with Gasteiger partial charge in [0.1, 0.15) is 5.82 Å². The van der Waals surface area contributed by atoms with Gasteiger partial charge in [0.15, 0.2) is 0 Å². The van der Waals surface area contributed by atoms with E-state index in [4.69, 9.17) is 0 Å². The molecule has 2 fully saturated rings. The average Bonchev–Trinajstić information content (AvgIpc) is 3.54. The van der Waals surface area contributed by atoms with Gasteiger partial charge in [0.2, 0.25) is 5.95 Å². The summed E-state index contributed by atoms with van der Waals surface area (Å²) >= 11 is 0. The summed E-state index contributed by atoms with van der Waals surface area (Å²) in [4.78, 5) is 31.1. The van der Waals surface area contributed by atoms with Crippen LogP contribution in [0.1, 0.15) is 16.8 Å². The Balaban J connectivity index is 1.23. The zero-order chi connectivity index (χ0) is 22.5. The normalized spacial score (nSPS) is 20.0. The minimum absolute atomic E-state index is 0.247. The fourth-order valence-corrected chi connectivity index (χ4v) is 4.87. The van der Waals surface area contributed by atoms with Crippen molar-refractivity contribution in [2.24, 2.45) is 7.05 Å². The minimum atomic E-state index is -0.247. The first-order valence-corrected chi connectivity index (χ1v) is 11.0. The lowest BCUT2D eigenvalue weighted by Gasteiger charge is -2.32. The largest absolute Gasteiger partial charge is 0.351 e. The highest BCUT2D eigenvalue weighted by atomic mass is 16.1. The second kappa shape index (κ2) is 7.63. The van der Waals surface area contributed by atoms with E-state index in [1.165, 1.54) is 0 Å². The summed E-state index contributed by atoms with van der Waals surface area (Å²) in [7, 11) is 4.06. The first-order valence-electron chi connectivity index (χ1n) is 11.0. The van der Waals surface area contributed by atoms with Gasteiger partial charge in [-0.2, -0.15) is 5.10 Å². The van der Waals surface area contributed by atoms with Gasteiger partial charge in [0.05, 0.1) is 11.7 Å². The van der Waals surface area contributed by atoms with E-state index in [0.29, 0.717) is 17.6 Å². The Morgan fingerprint density at radius 1 is 1.03 bits per heavy atom. The number of hydrogen-bond donors (Lipinski definition) is 1. The average molecular weight is 441 g/mol. The monoisotopic (exact) mass is 440 g/mol. The minimum Gasteiger partial charge on any atom is -0.351 e. The van der Waals surface area contributed by atoms with Gasteiger partial charge >= 0.3 is 0 Å². The summed E-state index contributed by atoms with van der Waals surface area (Å²) in [5, 5.41) is 7.98. The fourth-order valence-electron chi connectivity index (χ4n) is 4.87. The summed E-state index contributed by atoms with van der Waals surface area (Å²) in [5.74, 6) is 0.878. The lowest BCUT2D eigenvalue weighted by molar-refractivity contribution is 0.102. The quantitative estimate of drug-likeness (QED) is 0.521. The number of nitrogens with zero attached hydrogens (tertiary/aromatic N) is 7. The molecule has 2 unspecified atom stereocenters. The molecular weight excluding hydrogens is 416 g/mol. The number of likely N-dealkylation sites (N-methyl/N-ethyl adjacent to an activating group) is 1. The fraction of sp³-hybridized carbons (Fsp3) is 0.292. The van der Waals surface area contributed by atoms with E-state index in [0.717, 1.165) is 47.4 Å². The summed E-state index contributed by atoms with van der Waals surface area (Å²) in [5.41, 5.74) is 3.32. The number of amides is 1. The van der Waals surface area contributed by atoms with Crippen molar-refractivity contribution in [1.82, 2.24) is 29.6 Å². The third-order valence-electron chi connectivity index (χ3n) is 6.66. The number of nitrogens with one attached hydrogen (secondary N) is 1. The van der Waals surface area contributed by atoms with Crippen LogP contribution in [0.4, 0.5) is 11.8 Å². The zero-order valence-corrected chi connectivity index (χ0v) is 18.5. The van der Waals surface area contributed by atoms with Crippen LogP contribution < -0.4 is 10.2 Å². The molecule has 2 bridgehead atoms. The molecule has 0 aliphatic carbocycles. The van der Waals surface area contributed by atoms with Gasteiger partial charge in [-0.15, -0.1) is 0 Å². The van der Waals surface area contributed by atoms with E-state index in [2.05, 4.69) is 42.2 Å². The molecule has 2 atom stereocenters. The van der Waals surface area contributed by atoms with Crippen LogP contribution in [-0.2, 0) is 7.05 Å². The molecule has 2 aliphatic rings. The highest BCUT2D eigenvalue weighted by molar-refractivity contribution is 6.04. The van der Waals surface area contributed by atoms with Gasteiger partial charge in [0.25, 0.3) is 5.91 Å². The first-order chi connectivity index (χ1) is 16.0. The molecule has 0 spiro atoms. The number of carbonyl (C=O) groups excluding carboxylic acids is 1. The van der Waals surface area contributed by atoms with Crippen LogP contribution >= 0.6 is 0 Å². The van der Waals surface area contributed by atoms with Gasteiger partial charge in [-0.25, -0.2) is 15.0 Å². The molecule has 1 aromatic carbocycles. The predicted octanol–water partition coefficient (Wildman–Crippen LogP) is 2.57. The number of anilines is 2. The van der Waals surface area contributed by atoms with E-state index >= 15 is 0 Å². The maximum Gasteiger partial charge on any atom is 0.258 e. The summed E-state index contributed by atoms with van der Waals surface area (Å²) in [6.07, 6.45) is 8.34. The number of pyridine rings is 1. The molecule has 9 nitrogen and oxygen atoms in total. The lowest BCUT2D eigenvalue weighted by Crippen LogP contribution is -2.44. The Morgan fingerprint density at radius 3 is 2.70 bits per heavy atom. The van der Waals surface area contributed by atoms with E-state index < -0.39 is 0 Å². The van der Waals surface area contributed by atoms with Crippen LogP contribution in [0.3, 0.4) is 0 Å². The van der Waals surface area contributed by atoms with Crippen LogP contribution in [0.5, 0.6) is 0 Å². The maximum absolute atomic E-state index is 13.0. The third-order valence-corrected chi connectivity index (χ3v) is 6.66. The number of fused-ring (bicyclic) bond motifs is 3. The molecular formula is C24H24N8O. The van der Waals surface area contributed by atoms with Gasteiger partial charge < -0.3 is 4.90 Å². The highest BCUT2D eigenvalue weighted by Gasteiger charge is 2.42. The van der Waals surface area contributed by atoms with Crippen LogP contribution in [0.25, 0.3) is 22.0 Å². The van der Waals surface area contributed by atoms with E-state index in [-0.39, 0.29) is 11.9 Å². The molecule has 9 heteroatoms. The third kappa shape index (κ3) is 3.60. The van der Waals surface area contributed by atoms with Crippen molar-refractivity contribution in [1.29, 1.82) is 0 Å². The Labute approximate surface area is 191 Å². The molecule has 2 aliphatic heterocycles. The van der Waals surface area contributed by atoms with E-state index in [1.807, 2.05) is 43.7 Å². The van der Waals surface area contributed by atoms with E-state index in [9.17, 15) is 4.79 Å². The smallest absolute Gasteiger partial charge is 0.258 e. The zero-order valence-electron chi connectivity index (χ0n) is 18.5. The van der Waals surface area contributed by atoms with Crippen molar-refractivity contribution >= 4 is 28.6 Å². The highest BCUT2D eigenvalue weighted by Crippen LogP contribution is 2.33. The van der Waals surface area contributed by atoms with Crippen molar-refractivity contribution in [3.8, 4) is 11.1 Å². The number of rotatable bonds is 4. The Bertz CT molecular complexity index is 1360. The molecule has 33 heavy (non-hydrogen) atoms. The van der Waals surface area contributed by atoms with Crippen LogP contribution in [-0.4, -0.2) is 67.8 Å². The van der Waals surface area contributed by atoms with Crippen LogP contribution in [0.15, 0.2) is 55.1 Å². The number of carbonyl (C=O) groups is 1. The molecule has 6 rings (SSSR count). The van der Waals surface area contributed by atoms with Crippen molar-refractivity contribution in [2.45, 2.75) is 18.5 Å². The Kier molecular flexibility index (Phi) is 4.58. The van der Waals surface area contributed by atoms with Crippen molar-refractivity contribution in [3.05, 3.63) is 60.7 Å². The van der Waals surface area contributed by atoms with Crippen molar-refractivity contribution < 1.29 is 4.79 Å². The molecule has 1 N–H and O–H groups in total. The van der Waals surface area contributed by atoms with Gasteiger partial charge in [0, 0.05) is 67.3 Å². The van der Waals surface area contributed by atoms with Crippen molar-refractivity contribution in [2.75, 3.05) is 30.4 Å². The Hall–Kier alpha value is -3.85. The lowest BCUT2D eigenvalue weighted by atomic mass is 10.1. The topological polar surface area (TPSA) is 92.1 Å². The number of aryl methyl sites for hydroxylation is 1. The molecule has 3 aromatic heterocycles. The molecule has 1 amide bonds. The van der Waals surface area contributed by atoms with E-state index in [1.54, 1.807) is 23.1 Å². The maximum atomic E-state index is 13.0. The molecule has 0 radical (unpaired) electrons. The molecule has 4 aromatic rings. The standard InChI is InChI=1S/C24H24N8O/c1-30-13-20-9-19(30)14-32(20)22-8-16(5-6-25-22)23(33)29-24-26-10-17-4-3-15(7-21(17)28-24)18-11-27-31(2)12-18/h3-8,10-12,19-20H,9,13-14H2,1-2H3,(H,26,28,29,33). The number of likely N-dealkylation sites (tertiary alicyclic amines) is 1. The number of benzene rings is 1. The molecule has 166 valence electrons. The van der Waals surface area contributed by atoms with Gasteiger partial charge in [-0.3, -0.25) is 19.7 Å². The second-order valence-corrected chi connectivity index (χ2v) is 8.86. The number of piperazine rings is 1. The molecule has 0 saturated carbocycles. The number of hydrogen-bond acceptors (Lipinski definition) is 7. The summed E-state index contributed by atoms with van der Waals surface area (Å²) in [6.45, 7) is 1.99.